The zero-order valence-electron chi connectivity index (χ0n) is 19.9. The van der Waals surface area contributed by atoms with E-state index in [1.807, 2.05) is 0 Å². The van der Waals surface area contributed by atoms with Crippen molar-refractivity contribution in [2.75, 3.05) is 6.61 Å². The Morgan fingerprint density at radius 2 is 1.94 bits per heavy atom. The van der Waals surface area contributed by atoms with Gasteiger partial charge >= 0.3 is 17.9 Å². The average molecular weight is 513 g/mol. The third kappa shape index (κ3) is 3.73. The minimum absolute atomic E-state index is 0.285. The summed E-state index contributed by atoms with van der Waals surface area (Å²) in [6, 6.07) is 0. The summed E-state index contributed by atoms with van der Waals surface area (Å²) in [5.41, 5.74) is -4.90. The monoisotopic (exact) mass is 512 g/mol. The zero-order chi connectivity index (χ0) is 26.1. The maximum atomic E-state index is 13.3. The van der Waals surface area contributed by atoms with Gasteiger partial charge < -0.3 is 29.2 Å². The number of ether oxygens (including phenoxy) is 4. The molecule has 0 aromatic carbocycles. The molecule has 0 radical (unpaired) electrons. The van der Waals surface area contributed by atoms with Gasteiger partial charge in [-0.2, -0.15) is 0 Å². The number of rotatable bonds is 3. The lowest BCUT2D eigenvalue weighted by atomic mass is 9.55. The van der Waals surface area contributed by atoms with E-state index in [2.05, 4.69) is 6.58 Å². The van der Waals surface area contributed by atoms with Crippen molar-refractivity contribution in [3.63, 3.8) is 0 Å². The second-order valence-electron chi connectivity index (χ2n) is 10.1. The summed E-state index contributed by atoms with van der Waals surface area (Å²) < 4.78 is 22.6. The fraction of sp³-hybridized carbons (Fsp3) is 0.667. The second-order valence-corrected chi connectivity index (χ2v) is 10.6. The van der Waals surface area contributed by atoms with E-state index in [4.69, 9.17) is 30.5 Å². The number of esters is 3. The molecule has 2 aliphatic carbocycles. The van der Waals surface area contributed by atoms with E-state index < -0.39 is 82.4 Å². The number of alkyl halides is 1. The standard InChI is InChI=1S/C24H29ClO10/c1-10-8-13-18(32-13)22(4)7-6-14(28)23(5,35-12(3)27)17(22)20(33-15(29)9-26)24(31)11(2)21(30)34-19(24)16(10)25/h6-7,11,13,16-20,26,31H,1,8-9H2,2-5H3/t11-,13+,16-,17+,18-,19-,20-,22-,23+,24-/m0/s1. The van der Waals surface area contributed by atoms with E-state index in [0.717, 1.165) is 6.92 Å². The SMILES string of the molecule is C=C1C[C@H]2O[C@@H]2[C@@]2(C)C=CC(=O)[C@@](C)(OC(C)=O)[C@@H]2[C@H](OC(=O)CO)[C@]2(O)[C@@H](C)C(=O)O[C@H]2[C@H]1Cl. The van der Waals surface area contributed by atoms with Crippen molar-refractivity contribution in [2.45, 2.75) is 75.1 Å². The lowest BCUT2D eigenvalue weighted by Gasteiger charge is -2.53. The van der Waals surface area contributed by atoms with Gasteiger partial charge in [0.1, 0.15) is 12.7 Å². The minimum Gasteiger partial charge on any atom is -0.457 e. The third-order valence-corrected chi connectivity index (χ3v) is 8.45. The lowest BCUT2D eigenvalue weighted by molar-refractivity contribution is -0.226. The summed E-state index contributed by atoms with van der Waals surface area (Å²) in [7, 11) is 0. The van der Waals surface area contributed by atoms with Gasteiger partial charge in [-0.25, -0.2) is 4.79 Å². The van der Waals surface area contributed by atoms with Crippen LogP contribution in [0.4, 0.5) is 0 Å². The molecule has 10 atom stereocenters. The Kier molecular flexibility index (Phi) is 6.19. The number of epoxide rings is 1. The molecule has 4 rings (SSSR count). The summed E-state index contributed by atoms with van der Waals surface area (Å²) in [6.45, 7) is 8.56. The van der Waals surface area contributed by atoms with Crippen LogP contribution >= 0.6 is 11.6 Å². The Morgan fingerprint density at radius 1 is 1.29 bits per heavy atom. The van der Waals surface area contributed by atoms with Crippen molar-refractivity contribution in [1.29, 1.82) is 0 Å². The number of carbonyl (C=O) groups excluding carboxylic acids is 4. The van der Waals surface area contributed by atoms with Gasteiger partial charge in [0.25, 0.3) is 0 Å². The van der Waals surface area contributed by atoms with Crippen LogP contribution in [0.2, 0.25) is 0 Å². The number of fused-ring (bicyclic) bond motifs is 4. The van der Waals surface area contributed by atoms with Gasteiger partial charge in [0, 0.05) is 12.3 Å². The normalized spacial score (nSPS) is 46.6. The molecule has 0 amide bonds. The maximum Gasteiger partial charge on any atom is 0.332 e. The summed E-state index contributed by atoms with van der Waals surface area (Å²) >= 11 is 6.66. The zero-order valence-corrected chi connectivity index (χ0v) is 20.6. The van der Waals surface area contributed by atoms with Crippen LogP contribution in [0.15, 0.2) is 24.3 Å². The maximum absolute atomic E-state index is 13.3. The molecule has 35 heavy (non-hydrogen) atoms. The number of halogens is 1. The minimum atomic E-state index is -2.28. The molecule has 2 saturated heterocycles. The molecule has 11 heteroatoms. The van der Waals surface area contributed by atoms with Crippen molar-refractivity contribution in [2.24, 2.45) is 17.3 Å². The largest absolute Gasteiger partial charge is 0.457 e. The first-order valence-electron chi connectivity index (χ1n) is 11.4. The van der Waals surface area contributed by atoms with E-state index in [1.165, 1.54) is 19.9 Å². The van der Waals surface area contributed by atoms with E-state index in [9.17, 15) is 29.4 Å². The van der Waals surface area contributed by atoms with Crippen molar-refractivity contribution in [1.82, 2.24) is 0 Å². The van der Waals surface area contributed by atoms with Gasteiger partial charge in [-0.3, -0.25) is 14.4 Å². The molecule has 0 aromatic heterocycles. The molecule has 0 aromatic rings. The molecule has 192 valence electrons. The second kappa shape index (κ2) is 8.40. The van der Waals surface area contributed by atoms with Gasteiger partial charge in [-0.15, -0.1) is 11.6 Å². The number of carbonyl (C=O) groups is 4. The highest BCUT2D eigenvalue weighted by Crippen LogP contribution is 2.59. The highest BCUT2D eigenvalue weighted by Gasteiger charge is 2.73. The molecule has 2 N–H and O–H groups in total. The van der Waals surface area contributed by atoms with Crippen molar-refractivity contribution >= 4 is 35.3 Å². The van der Waals surface area contributed by atoms with Gasteiger partial charge in [0.05, 0.1) is 29.4 Å². The third-order valence-electron chi connectivity index (χ3n) is 7.91. The molecular formula is C24H29ClO10. The smallest absolute Gasteiger partial charge is 0.332 e. The summed E-state index contributed by atoms with van der Waals surface area (Å²) in [4.78, 5) is 50.7. The molecule has 1 saturated carbocycles. The Labute approximate surface area is 207 Å². The fourth-order valence-corrected chi connectivity index (χ4v) is 6.41. The van der Waals surface area contributed by atoms with Gasteiger partial charge in [-0.1, -0.05) is 25.2 Å². The number of aliphatic hydroxyl groups is 2. The Balaban J connectivity index is 2.02. The molecule has 2 aliphatic heterocycles. The van der Waals surface area contributed by atoms with E-state index in [1.54, 1.807) is 13.0 Å². The Hall–Kier alpha value is -2.27. The topological polar surface area (TPSA) is 149 Å². The van der Waals surface area contributed by atoms with Crippen LogP contribution in [0.3, 0.4) is 0 Å². The number of ketones is 1. The molecule has 3 fully saturated rings. The molecule has 0 unspecified atom stereocenters. The summed E-state index contributed by atoms with van der Waals surface area (Å²) in [5, 5.41) is 20.6. The molecule has 4 aliphatic rings. The number of aliphatic hydroxyl groups excluding tert-OH is 1. The predicted molar refractivity (Wildman–Crippen MR) is 119 cm³/mol. The molecule has 0 spiro atoms. The molecule has 0 bridgehead atoms. The molecule has 10 nitrogen and oxygen atoms in total. The van der Waals surface area contributed by atoms with Gasteiger partial charge in [-0.05, 0) is 26.3 Å². The number of hydrogen-bond donors (Lipinski definition) is 2. The highest BCUT2D eigenvalue weighted by atomic mass is 35.5. The van der Waals surface area contributed by atoms with Crippen LogP contribution in [0.5, 0.6) is 0 Å². The fourth-order valence-electron chi connectivity index (χ4n) is 6.07. The predicted octanol–water partition coefficient (Wildman–Crippen LogP) is 0.601. The van der Waals surface area contributed by atoms with Crippen LogP contribution in [0.1, 0.15) is 34.1 Å². The summed E-state index contributed by atoms with van der Waals surface area (Å²) in [5.74, 6) is -5.83. The van der Waals surface area contributed by atoms with Crippen molar-refractivity contribution in [3.05, 3.63) is 24.3 Å². The van der Waals surface area contributed by atoms with Crippen molar-refractivity contribution < 1.29 is 48.3 Å². The molecule has 2 heterocycles. The highest BCUT2D eigenvalue weighted by molar-refractivity contribution is 6.23. The van der Waals surface area contributed by atoms with Crippen LogP contribution in [-0.2, 0) is 38.1 Å². The van der Waals surface area contributed by atoms with Gasteiger partial charge in [0.15, 0.2) is 23.1 Å². The van der Waals surface area contributed by atoms with E-state index >= 15 is 0 Å². The first kappa shape index (κ1) is 25.8. The van der Waals surface area contributed by atoms with Crippen molar-refractivity contribution in [3.8, 4) is 0 Å². The van der Waals surface area contributed by atoms with Crippen LogP contribution in [0.25, 0.3) is 0 Å². The average Bonchev–Trinajstić information content (AvgIpc) is 3.52. The summed E-state index contributed by atoms with van der Waals surface area (Å²) in [6.07, 6.45) is -0.894. The van der Waals surface area contributed by atoms with Crippen LogP contribution in [0, 0.1) is 17.3 Å². The van der Waals surface area contributed by atoms with Crippen LogP contribution < -0.4 is 0 Å². The Bertz CT molecular complexity index is 1020. The molecular weight excluding hydrogens is 484 g/mol. The first-order chi connectivity index (χ1) is 16.2. The lowest BCUT2D eigenvalue weighted by Crippen LogP contribution is -2.69. The quantitative estimate of drug-likeness (QED) is 0.181. The van der Waals surface area contributed by atoms with Crippen LogP contribution in [-0.4, -0.2) is 81.5 Å². The van der Waals surface area contributed by atoms with E-state index in [-0.39, 0.29) is 12.5 Å². The first-order valence-corrected chi connectivity index (χ1v) is 11.8. The number of hydrogen-bond acceptors (Lipinski definition) is 10. The van der Waals surface area contributed by atoms with E-state index in [0.29, 0.717) is 5.57 Å². The Morgan fingerprint density at radius 3 is 2.54 bits per heavy atom. The van der Waals surface area contributed by atoms with Gasteiger partial charge in [0.2, 0.25) is 0 Å².